The van der Waals surface area contributed by atoms with E-state index in [0.717, 1.165) is 10.6 Å². The molecule has 0 saturated heterocycles. The summed E-state index contributed by atoms with van der Waals surface area (Å²) in [6, 6.07) is 4.70. The zero-order valence-electron chi connectivity index (χ0n) is 16.4. The molecule has 138 valence electrons. The second-order valence-electron chi connectivity index (χ2n) is 8.68. The van der Waals surface area contributed by atoms with Crippen LogP contribution in [0.1, 0.15) is 85.2 Å². The van der Waals surface area contributed by atoms with Gasteiger partial charge in [0, 0.05) is 5.38 Å². The van der Waals surface area contributed by atoms with Crippen LogP contribution in [-0.4, -0.2) is 16.1 Å². The number of carbonyl (C=O) groups is 1. The van der Waals surface area contributed by atoms with Gasteiger partial charge in [0.1, 0.15) is 5.01 Å². The van der Waals surface area contributed by atoms with Crippen molar-refractivity contribution in [3.63, 3.8) is 0 Å². The van der Waals surface area contributed by atoms with E-state index in [1.54, 1.807) is 5.38 Å². The van der Waals surface area contributed by atoms with E-state index in [-0.39, 0.29) is 16.5 Å². The molecule has 1 aromatic heterocycles. The molecule has 0 saturated carbocycles. The quantitative estimate of drug-likeness (QED) is 0.715. The maximum atomic E-state index is 11.0. The first-order chi connectivity index (χ1) is 12.0. The third kappa shape index (κ3) is 3.35. The minimum Gasteiger partial charge on any atom is -0.476 e. The summed E-state index contributed by atoms with van der Waals surface area (Å²) in [6.45, 7) is 13.6. The molecule has 2 aromatic rings. The predicted molar refractivity (Wildman–Crippen MR) is 109 cm³/mol. The van der Waals surface area contributed by atoms with Gasteiger partial charge in [0.25, 0.3) is 0 Å². The van der Waals surface area contributed by atoms with Gasteiger partial charge in [-0.1, -0.05) is 39.8 Å². The number of allylic oxidation sites excluding steroid dienone is 1. The lowest BCUT2D eigenvalue weighted by Crippen LogP contribution is -2.34. The van der Waals surface area contributed by atoms with Gasteiger partial charge in [-0.15, -0.1) is 11.3 Å². The zero-order chi connectivity index (χ0) is 19.3. The molecule has 4 heteroatoms. The third-order valence-electron chi connectivity index (χ3n) is 5.70. The first-order valence-electron chi connectivity index (χ1n) is 9.04. The number of thiazole rings is 1. The molecule has 0 aliphatic heterocycles. The molecule has 0 amide bonds. The van der Waals surface area contributed by atoms with Crippen LogP contribution in [0.3, 0.4) is 0 Å². The van der Waals surface area contributed by atoms with Crippen molar-refractivity contribution in [2.75, 3.05) is 0 Å². The number of rotatable bonds is 3. The largest absolute Gasteiger partial charge is 0.476 e. The molecule has 1 heterocycles. The van der Waals surface area contributed by atoms with E-state index in [1.807, 2.05) is 6.08 Å². The lowest BCUT2D eigenvalue weighted by atomic mass is 9.62. The van der Waals surface area contributed by atoms with E-state index in [9.17, 15) is 4.79 Å². The fraction of sp³-hybridized carbons (Fsp3) is 0.455. The van der Waals surface area contributed by atoms with Gasteiger partial charge in [0.05, 0.1) is 0 Å². The number of carboxylic acids is 1. The van der Waals surface area contributed by atoms with E-state index in [1.165, 1.54) is 46.4 Å². The van der Waals surface area contributed by atoms with Crippen molar-refractivity contribution in [2.24, 2.45) is 0 Å². The van der Waals surface area contributed by atoms with Crippen LogP contribution in [0.15, 0.2) is 17.5 Å². The van der Waals surface area contributed by atoms with Crippen LogP contribution in [0.25, 0.3) is 11.6 Å². The molecule has 26 heavy (non-hydrogen) atoms. The highest BCUT2D eigenvalue weighted by atomic mass is 32.1. The first kappa shape index (κ1) is 18.8. The van der Waals surface area contributed by atoms with Gasteiger partial charge in [-0.3, -0.25) is 0 Å². The van der Waals surface area contributed by atoms with E-state index >= 15 is 0 Å². The second-order valence-corrected chi connectivity index (χ2v) is 9.57. The van der Waals surface area contributed by atoms with Crippen LogP contribution in [0.5, 0.6) is 0 Å². The van der Waals surface area contributed by atoms with Gasteiger partial charge in [0.15, 0.2) is 5.69 Å². The van der Waals surface area contributed by atoms with Gasteiger partial charge in [0.2, 0.25) is 0 Å². The average Bonchev–Trinajstić information content (AvgIpc) is 3.00. The molecular formula is C22H27NO2S. The summed E-state index contributed by atoms with van der Waals surface area (Å²) in [5, 5.41) is 11.4. The number of carboxylic acid groups (broad SMARTS) is 1. The topological polar surface area (TPSA) is 50.2 Å². The van der Waals surface area contributed by atoms with Crippen LogP contribution in [0.4, 0.5) is 0 Å². The van der Waals surface area contributed by atoms with Crippen molar-refractivity contribution in [2.45, 2.75) is 65.2 Å². The van der Waals surface area contributed by atoms with Gasteiger partial charge < -0.3 is 5.11 Å². The number of benzene rings is 1. The minimum absolute atomic E-state index is 0.110. The molecule has 0 fully saturated rings. The number of aromatic nitrogens is 1. The van der Waals surface area contributed by atoms with Crippen molar-refractivity contribution in [3.05, 3.63) is 50.5 Å². The van der Waals surface area contributed by atoms with Crippen LogP contribution >= 0.6 is 11.3 Å². The van der Waals surface area contributed by atoms with Crippen LogP contribution in [0.2, 0.25) is 0 Å². The Kier molecular flexibility index (Phi) is 4.60. The number of hydrogen-bond acceptors (Lipinski definition) is 3. The number of hydrogen-bond donors (Lipinski definition) is 1. The van der Waals surface area contributed by atoms with Gasteiger partial charge >= 0.3 is 5.97 Å². The van der Waals surface area contributed by atoms with Crippen LogP contribution < -0.4 is 0 Å². The lowest BCUT2D eigenvalue weighted by molar-refractivity contribution is 0.0691. The molecule has 1 aliphatic rings. The molecule has 3 rings (SSSR count). The Hall–Kier alpha value is -1.94. The monoisotopic (exact) mass is 369 g/mol. The fourth-order valence-corrected chi connectivity index (χ4v) is 4.64. The molecule has 0 radical (unpaired) electrons. The highest BCUT2D eigenvalue weighted by Crippen LogP contribution is 2.47. The van der Waals surface area contributed by atoms with Gasteiger partial charge in [-0.05, 0) is 71.4 Å². The normalized spacial score (nSPS) is 18.5. The molecule has 0 spiro atoms. The molecule has 1 N–H and O–H groups in total. The summed E-state index contributed by atoms with van der Waals surface area (Å²) in [5.74, 6) is -0.979. The molecule has 1 aromatic carbocycles. The molecular weight excluding hydrogens is 342 g/mol. The third-order valence-corrected chi connectivity index (χ3v) is 6.50. The Morgan fingerprint density at radius 1 is 1.15 bits per heavy atom. The highest BCUT2D eigenvalue weighted by molar-refractivity contribution is 7.10. The maximum absolute atomic E-state index is 11.0. The van der Waals surface area contributed by atoms with Crippen LogP contribution in [-0.2, 0) is 10.8 Å². The number of fused-ring (bicyclic) bond motifs is 1. The summed E-state index contributed by atoms with van der Waals surface area (Å²) in [6.07, 6.45) is 4.39. The summed E-state index contributed by atoms with van der Waals surface area (Å²) in [7, 11) is 0. The first-order valence-corrected chi connectivity index (χ1v) is 9.92. The summed E-state index contributed by atoms with van der Waals surface area (Å²) >= 11 is 1.37. The smallest absolute Gasteiger partial charge is 0.355 e. The second kappa shape index (κ2) is 6.34. The molecule has 0 bridgehead atoms. The van der Waals surface area contributed by atoms with E-state index < -0.39 is 5.97 Å². The molecule has 0 unspecified atom stereocenters. The summed E-state index contributed by atoms with van der Waals surface area (Å²) in [5.41, 5.74) is 7.00. The van der Waals surface area contributed by atoms with E-state index in [2.05, 4.69) is 58.7 Å². The molecule has 0 atom stereocenters. The Bertz CT molecular complexity index is 903. The minimum atomic E-state index is -0.979. The van der Waals surface area contributed by atoms with Crippen molar-refractivity contribution in [3.8, 4) is 0 Å². The van der Waals surface area contributed by atoms with Crippen molar-refractivity contribution in [1.82, 2.24) is 4.98 Å². The maximum Gasteiger partial charge on any atom is 0.355 e. The Morgan fingerprint density at radius 2 is 1.73 bits per heavy atom. The predicted octanol–water partition coefficient (Wildman–Crippen LogP) is 6.06. The van der Waals surface area contributed by atoms with Gasteiger partial charge in [-0.2, -0.15) is 0 Å². The van der Waals surface area contributed by atoms with Crippen molar-refractivity contribution in [1.29, 1.82) is 0 Å². The lowest BCUT2D eigenvalue weighted by Gasteiger charge is -2.42. The summed E-state index contributed by atoms with van der Waals surface area (Å²) in [4.78, 5) is 15.2. The van der Waals surface area contributed by atoms with Crippen molar-refractivity contribution >= 4 is 29.0 Å². The highest BCUT2D eigenvalue weighted by Gasteiger charge is 2.37. The van der Waals surface area contributed by atoms with Crippen LogP contribution in [0, 0.1) is 6.92 Å². The Labute approximate surface area is 159 Å². The number of nitrogens with zero attached hydrogens (tertiary/aromatic N) is 1. The Morgan fingerprint density at radius 3 is 2.27 bits per heavy atom. The number of aryl methyl sites for hydroxylation is 1. The molecule has 1 aliphatic carbocycles. The molecule has 3 nitrogen and oxygen atoms in total. The fourth-order valence-electron chi connectivity index (χ4n) is 3.86. The SMILES string of the molecule is C/C(=C\c1nc(C(=O)O)cs1)c1cc2c(cc1C)C(C)(C)CCC2(C)C. The average molecular weight is 370 g/mol. The van der Waals surface area contributed by atoms with E-state index in [4.69, 9.17) is 5.11 Å². The summed E-state index contributed by atoms with van der Waals surface area (Å²) < 4.78 is 0. The standard InChI is InChI=1S/C22H27NO2S/c1-13-9-16-17(22(5,6)8-7-21(16,3)4)11-15(13)14(2)10-19-23-18(12-26-19)20(24)25/h9-12H,7-8H2,1-6H3,(H,24,25)/b14-10+. The van der Waals surface area contributed by atoms with E-state index in [0.29, 0.717) is 0 Å². The van der Waals surface area contributed by atoms with Crippen molar-refractivity contribution < 1.29 is 9.90 Å². The Balaban J connectivity index is 2.08. The van der Waals surface area contributed by atoms with Gasteiger partial charge in [-0.25, -0.2) is 9.78 Å². The zero-order valence-corrected chi connectivity index (χ0v) is 17.3. The number of aromatic carboxylic acids is 1.